The quantitative estimate of drug-likeness (QED) is 0.826. The molecule has 0 saturated heterocycles. The molecular formula is C13H22N2OS. The van der Waals surface area contributed by atoms with Gasteiger partial charge in [-0.25, -0.2) is 4.98 Å². The number of aromatic nitrogens is 1. The lowest BCUT2D eigenvalue weighted by molar-refractivity contribution is 0.0648. The minimum Gasteiger partial charge on any atom is -0.333 e. The van der Waals surface area contributed by atoms with E-state index in [9.17, 15) is 4.79 Å². The predicted octanol–water partition coefficient (Wildman–Crippen LogP) is 3.27. The summed E-state index contributed by atoms with van der Waals surface area (Å²) in [6, 6.07) is 0.433. The normalized spacial score (nSPS) is 11.3. The summed E-state index contributed by atoms with van der Waals surface area (Å²) in [5.74, 6) is 0.115. The summed E-state index contributed by atoms with van der Waals surface area (Å²) < 4.78 is 0. The maximum absolute atomic E-state index is 12.5. The molecule has 0 atom stereocenters. The van der Waals surface area contributed by atoms with Crippen LogP contribution >= 0.6 is 11.3 Å². The van der Waals surface area contributed by atoms with Crippen molar-refractivity contribution in [2.24, 2.45) is 0 Å². The van der Waals surface area contributed by atoms with Crippen LogP contribution in [0.2, 0.25) is 0 Å². The van der Waals surface area contributed by atoms with Crippen molar-refractivity contribution in [1.82, 2.24) is 9.88 Å². The van der Waals surface area contributed by atoms with Crippen LogP contribution in [0, 0.1) is 6.92 Å². The molecule has 0 aliphatic heterocycles. The second kappa shape index (κ2) is 5.63. The Morgan fingerprint density at radius 2 is 1.82 bits per heavy atom. The van der Waals surface area contributed by atoms with Crippen molar-refractivity contribution in [3.05, 3.63) is 15.6 Å². The SMILES string of the molecule is CCc1nc(C)c(C(=O)N(C(C)C)C(C)C)s1. The molecule has 1 rings (SSSR count). The molecule has 17 heavy (non-hydrogen) atoms. The average Bonchev–Trinajstić information content (AvgIpc) is 2.58. The monoisotopic (exact) mass is 254 g/mol. The largest absolute Gasteiger partial charge is 0.333 e. The van der Waals surface area contributed by atoms with Crippen molar-refractivity contribution in [1.29, 1.82) is 0 Å². The van der Waals surface area contributed by atoms with Crippen molar-refractivity contribution < 1.29 is 4.79 Å². The van der Waals surface area contributed by atoms with E-state index in [0.717, 1.165) is 22.0 Å². The number of amides is 1. The zero-order valence-corrected chi connectivity index (χ0v) is 12.4. The van der Waals surface area contributed by atoms with Crippen molar-refractivity contribution in [3.63, 3.8) is 0 Å². The molecule has 1 aromatic rings. The van der Waals surface area contributed by atoms with E-state index in [1.54, 1.807) is 0 Å². The summed E-state index contributed by atoms with van der Waals surface area (Å²) in [5.41, 5.74) is 0.864. The summed E-state index contributed by atoms with van der Waals surface area (Å²) in [5, 5.41) is 1.04. The number of rotatable bonds is 4. The van der Waals surface area contributed by atoms with E-state index in [0.29, 0.717) is 0 Å². The Morgan fingerprint density at radius 3 is 2.18 bits per heavy atom. The van der Waals surface area contributed by atoms with Crippen LogP contribution in [0.3, 0.4) is 0 Å². The molecule has 96 valence electrons. The second-order valence-electron chi connectivity index (χ2n) is 4.78. The van der Waals surface area contributed by atoms with Gasteiger partial charge in [0, 0.05) is 12.1 Å². The minimum atomic E-state index is 0.115. The van der Waals surface area contributed by atoms with Crippen LogP contribution in [0.1, 0.15) is 55.0 Å². The highest BCUT2D eigenvalue weighted by atomic mass is 32.1. The lowest BCUT2D eigenvalue weighted by Gasteiger charge is -2.30. The number of carbonyl (C=O) groups is 1. The lowest BCUT2D eigenvalue weighted by Crippen LogP contribution is -2.41. The first-order valence-electron chi connectivity index (χ1n) is 6.17. The number of carbonyl (C=O) groups excluding carboxylic acids is 1. The van der Waals surface area contributed by atoms with Crippen molar-refractivity contribution in [3.8, 4) is 0 Å². The highest BCUT2D eigenvalue weighted by Gasteiger charge is 2.25. The minimum absolute atomic E-state index is 0.115. The number of nitrogens with zero attached hydrogens (tertiary/aromatic N) is 2. The summed E-state index contributed by atoms with van der Waals surface area (Å²) in [7, 11) is 0. The van der Waals surface area contributed by atoms with E-state index >= 15 is 0 Å². The van der Waals surface area contributed by atoms with Gasteiger partial charge in [0.1, 0.15) is 4.88 Å². The van der Waals surface area contributed by atoms with Gasteiger partial charge in [-0.05, 0) is 41.0 Å². The molecule has 0 spiro atoms. The molecule has 3 nitrogen and oxygen atoms in total. The molecule has 0 aromatic carbocycles. The fourth-order valence-electron chi connectivity index (χ4n) is 1.98. The Morgan fingerprint density at radius 1 is 1.29 bits per heavy atom. The van der Waals surface area contributed by atoms with E-state index in [1.807, 2.05) is 11.8 Å². The van der Waals surface area contributed by atoms with Gasteiger partial charge in [0.2, 0.25) is 0 Å². The van der Waals surface area contributed by atoms with Crippen LogP contribution in [-0.4, -0.2) is 27.9 Å². The van der Waals surface area contributed by atoms with Gasteiger partial charge in [-0.2, -0.15) is 0 Å². The van der Waals surface area contributed by atoms with Gasteiger partial charge in [-0.15, -0.1) is 11.3 Å². The molecular weight excluding hydrogens is 232 g/mol. The molecule has 1 amide bonds. The Kier molecular flexibility index (Phi) is 4.69. The number of hydrogen-bond acceptors (Lipinski definition) is 3. The van der Waals surface area contributed by atoms with Gasteiger partial charge < -0.3 is 4.90 Å². The van der Waals surface area contributed by atoms with Crippen molar-refractivity contribution in [2.75, 3.05) is 0 Å². The van der Waals surface area contributed by atoms with Crippen LogP contribution in [0.5, 0.6) is 0 Å². The van der Waals surface area contributed by atoms with Gasteiger partial charge in [0.05, 0.1) is 10.7 Å². The highest BCUT2D eigenvalue weighted by molar-refractivity contribution is 7.13. The zero-order chi connectivity index (χ0) is 13.2. The Hall–Kier alpha value is -0.900. The third kappa shape index (κ3) is 3.06. The van der Waals surface area contributed by atoms with Gasteiger partial charge in [0.25, 0.3) is 5.91 Å². The summed E-state index contributed by atoms with van der Waals surface area (Å²) >= 11 is 1.53. The van der Waals surface area contributed by atoms with Crippen molar-refractivity contribution >= 4 is 17.2 Å². The molecule has 0 unspecified atom stereocenters. The first-order chi connectivity index (χ1) is 7.88. The van der Waals surface area contributed by atoms with Gasteiger partial charge in [0.15, 0.2) is 0 Å². The third-order valence-electron chi connectivity index (χ3n) is 2.68. The van der Waals surface area contributed by atoms with Crippen LogP contribution < -0.4 is 0 Å². The maximum atomic E-state index is 12.5. The smallest absolute Gasteiger partial charge is 0.266 e. The summed E-state index contributed by atoms with van der Waals surface area (Å²) in [6.45, 7) is 12.2. The molecule has 0 fully saturated rings. The molecule has 1 aromatic heterocycles. The lowest BCUT2D eigenvalue weighted by atomic mass is 10.2. The Labute approximate surface area is 108 Å². The second-order valence-corrected chi connectivity index (χ2v) is 5.86. The van der Waals surface area contributed by atoms with E-state index in [-0.39, 0.29) is 18.0 Å². The van der Waals surface area contributed by atoms with E-state index in [1.165, 1.54) is 11.3 Å². The van der Waals surface area contributed by atoms with E-state index in [2.05, 4.69) is 39.6 Å². The van der Waals surface area contributed by atoms with Crippen LogP contribution in [0.15, 0.2) is 0 Å². The van der Waals surface area contributed by atoms with Crippen LogP contribution in [0.4, 0.5) is 0 Å². The summed E-state index contributed by atoms with van der Waals surface area (Å²) in [6.07, 6.45) is 0.891. The predicted molar refractivity (Wildman–Crippen MR) is 72.7 cm³/mol. The van der Waals surface area contributed by atoms with Gasteiger partial charge in [-0.3, -0.25) is 4.79 Å². The highest BCUT2D eigenvalue weighted by Crippen LogP contribution is 2.22. The molecule has 0 saturated carbocycles. The number of hydrogen-bond donors (Lipinski definition) is 0. The van der Waals surface area contributed by atoms with E-state index in [4.69, 9.17) is 0 Å². The summed E-state index contributed by atoms with van der Waals surface area (Å²) in [4.78, 5) is 19.6. The standard InChI is InChI=1S/C13H22N2OS/c1-7-11-14-10(6)12(17-11)13(16)15(8(2)3)9(4)5/h8-9H,7H2,1-6H3. The molecule has 1 heterocycles. The topological polar surface area (TPSA) is 33.2 Å². The van der Waals surface area contributed by atoms with E-state index < -0.39 is 0 Å². The Balaban J connectivity index is 3.05. The van der Waals surface area contributed by atoms with Crippen molar-refractivity contribution in [2.45, 2.75) is 60.0 Å². The Bertz CT molecular complexity index is 388. The molecule has 0 aliphatic rings. The first kappa shape index (κ1) is 14.2. The fraction of sp³-hybridized carbons (Fsp3) is 0.692. The molecule has 0 N–H and O–H groups in total. The molecule has 0 radical (unpaired) electrons. The first-order valence-corrected chi connectivity index (χ1v) is 6.99. The molecule has 0 bridgehead atoms. The maximum Gasteiger partial charge on any atom is 0.266 e. The number of aryl methyl sites for hydroxylation is 2. The average molecular weight is 254 g/mol. The number of thiazole rings is 1. The third-order valence-corrected chi connectivity index (χ3v) is 3.97. The van der Waals surface area contributed by atoms with Gasteiger partial charge in [-0.1, -0.05) is 6.92 Å². The molecule has 4 heteroatoms. The van der Waals surface area contributed by atoms with Crippen LogP contribution in [-0.2, 0) is 6.42 Å². The zero-order valence-electron chi connectivity index (χ0n) is 11.6. The van der Waals surface area contributed by atoms with Crippen LogP contribution in [0.25, 0.3) is 0 Å². The molecule has 0 aliphatic carbocycles. The van der Waals surface area contributed by atoms with Gasteiger partial charge >= 0.3 is 0 Å². The fourth-order valence-corrected chi connectivity index (χ4v) is 2.93.